The summed E-state index contributed by atoms with van der Waals surface area (Å²) in [5.41, 5.74) is 1.89. The minimum Gasteiger partial charge on any atom is -0.375 e. The van der Waals surface area contributed by atoms with Gasteiger partial charge < -0.3 is 15.0 Å². The van der Waals surface area contributed by atoms with Crippen LogP contribution < -0.4 is 5.32 Å². The minimum atomic E-state index is -0.0327. The number of methoxy groups -OCH3 is 1. The molecule has 0 unspecified atom stereocenters. The summed E-state index contributed by atoms with van der Waals surface area (Å²) in [6.45, 7) is 4.68. The first-order valence-electron chi connectivity index (χ1n) is 8.41. The van der Waals surface area contributed by atoms with Crippen LogP contribution in [0.1, 0.15) is 36.0 Å². The van der Waals surface area contributed by atoms with E-state index in [0.717, 1.165) is 36.5 Å². The van der Waals surface area contributed by atoms with Crippen LogP contribution in [0.3, 0.4) is 0 Å². The SMILES string of the molecule is COCC(=O)N1CCC[C@H]1c1cc(Nc2ncccc2C)nc(C)n1. The molecule has 0 radical (unpaired) electrons. The van der Waals surface area contributed by atoms with E-state index in [4.69, 9.17) is 4.74 Å². The lowest BCUT2D eigenvalue weighted by Gasteiger charge is -2.24. The van der Waals surface area contributed by atoms with Crippen LogP contribution in [0.25, 0.3) is 0 Å². The van der Waals surface area contributed by atoms with Gasteiger partial charge in [-0.25, -0.2) is 15.0 Å². The van der Waals surface area contributed by atoms with E-state index >= 15 is 0 Å². The summed E-state index contributed by atoms with van der Waals surface area (Å²) in [5, 5.41) is 3.26. The van der Waals surface area contributed by atoms with E-state index in [0.29, 0.717) is 11.6 Å². The van der Waals surface area contributed by atoms with Crippen LogP contribution in [-0.2, 0) is 9.53 Å². The Morgan fingerprint density at radius 1 is 1.40 bits per heavy atom. The summed E-state index contributed by atoms with van der Waals surface area (Å²) in [4.78, 5) is 27.5. The molecule has 1 atom stereocenters. The maximum Gasteiger partial charge on any atom is 0.249 e. The lowest BCUT2D eigenvalue weighted by atomic mass is 10.1. The number of likely N-dealkylation sites (tertiary alicyclic amines) is 1. The van der Waals surface area contributed by atoms with Gasteiger partial charge in [-0.05, 0) is 38.3 Å². The van der Waals surface area contributed by atoms with Crippen LogP contribution >= 0.6 is 0 Å². The number of ether oxygens (including phenoxy) is 1. The molecule has 1 amide bonds. The lowest BCUT2D eigenvalue weighted by Crippen LogP contribution is -2.33. The first-order valence-corrected chi connectivity index (χ1v) is 8.41. The molecule has 1 aliphatic heterocycles. The van der Waals surface area contributed by atoms with E-state index in [9.17, 15) is 4.79 Å². The van der Waals surface area contributed by atoms with Crippen LogP contribution in [0.5, 0.6) is 0 Å². The van der Waals surface area contributed by atoms with E-state index in [1.54, 1.807) is 6.20 Å². The van der Waals surface area contributed by atoms with Crippen molar-refractivity contribution in [3.63, 3.8) is 0 Å². The lowest BCUT2D eigenvalue weighted by molar-refractivity contribution is -0.136. The highest BCUT2D eigenvalue weighted by Crippen LogP contribution is 2.32. The van der Waals surface area contributed by atoms with Crippen molar-refractivity contribution in [1.29, 1.82) is 0 Å². The van der Waals surface area contributed by atoms with Gasteiger partial charge in [0.2, 0.25) is 5.91 Å². The molecule has 1 fully saturated rings. The maximum absolute atomic E-state index is 12.3. The molecule has 2 aromatic heterocycles. The number of hydrogen-bond donors (Lipinski definition) is 1. The summed E-state index contributed by atoms with van der Waals surface area (Å²) in [7, 11) is 1.54. The van der Waals surface area contributed by atoms with Gasteiger partial charge in [0.15, 0.2) is 0 Å². The summed E-state index contributed by atoms with van der Waals surface area (Å²) >= 11 is 0. The zero-order valence-corrected chi connectivity index (χ0v) is 14.8. The highest BCUT2D eigenvalue weighted by molar-refractivity contribution is 5.78. The van der Waals surface area contributed by atoms with Crippen LogP contribution in [0.4, 0.5) is 11.6 Å². The van der Waals surface area contributed by atoms with Gasteiger partial charge in [-0.3, -0.25) is 4.79 Å². The Morgan fingerprint density at radius 2 is 2.24 bits per heavy atom. The van der Waals surface area contributed by atoms with Crippen LogP contribution in [-0.4, -0.2) is 46.0 Å². The molecule has 132 valence electrons. The first-order chi connectivity index (χ1) is 12.1. The molecule has 3 heterocycles. The van der Waals surface area contributed by atoms with Gasteiger partial charge in [0.05, 0.1) is 11.7 Å². The van der Waals surface area contributed by atoms with Crippen LogP contribution in [0.2, 0.25) is 0 Å². The van der Waals surface area contributed by atoms with Crippen molar-refractivity contribution >= 4 is 17.5 Å². The summed E-state index contributed by atoms with van der Waals surface area (Å²) in [5.74, 6) is 2.12. The molecule has 1 saturated heterocycles. The predicted molar refractivity (Wildman–Crippen MR) is 94.6 cm³/mol. The van der Waals surface area contributed by atoms with Gasteiger partial charge in [-0.2, -0.15) is 0 Å². The largest absolute Gasteiger partial charge is 0.375 e. The van der Waals surface area contributed by atoms with Crippen LogP contribution in [0.15, 0.2) is 24.4 Å². The minimum absolute atomic E-state index is 0.00338. The van der Waals surface area contributed by atoms with Crippen molar-refractivity contribution in [3.8, 4) is 0 Å². The van der Waals surface area contributed by atoms with Gasteiger partial charge in [0.25, 0.3) is 0 Å². The van der Waals surface area contributed by atoms with E-state index < -0.39 is 0 Å². The first kappa shape index (κ1) is 17.3. The number of aromatic nitrogens is 3. The van der Waals surface area contributed by atoms with Gasteiger partial charge in [0, 0.05) is 25.9 Å². The third-order valence-electron chi connectivity index (χ3n) is 4.30. The van der Waals surface area contributed by atoms with Crippen molar-refractivity contribution in [3.05, 3.63) is 41.5 Å². The molecule has 0 aliphatic carbocycles. The number of anilines is 2. The van der Waals surface area contributed by atoms with E-state index in [2.05, 4.69) is 20.3 Å². The molecular weight excluding hydrogens is 318 g/mol. The summed E-state index contributed by atoms with van der Waals surface area (Å²) in [6, 6.07) is 5.76. The predicted octanol–water partition coefficient (Wildman–Crippen LogP) is 2.54. The van der Waals surface area contributed by atoms with Crippen molar-refractivity contribution in [2.45, 2.75) is 32.7 Å². The standard InChI is InChI=1S/C18H23N5O2/c1-12-6-4-8-19-18(12)22-16-10-14(20-13(2)21-16)15-7-5-9-23(15)17(24)11-25-3/h4,6,8,10,15H,5,7,9,11H2,1-3H3,(H,19,20,21,22)/t15-/m0/s1. The number of carbonyl (C=O) groups excluding carboxylic acids is 1. The number of carbonyl (C=O) groups is 1. The van der Waals surface area contributed by atoms with Crippen LogP contribution in [0, 0.1) is 13.8 Å². The average Bonchev–Trinajstić information content (AvgIpc) is 3.06. The topological polar surface area (TPSA) is 80.2 Å². The smallest absolute Gasteiger partial charge is 0.249 e. The zero-order valence-electron chi connectivity index (χ0n) is 14.8. The van der Waals surface area contributed by atoms with E-state index in [1.807, 2.05) is 36.9 Å². The molecule has 25 heavy (non-hydrogen) atoms. The number of amides is 1. The molecule has 7 heteroatoms. The number of rotatable bonds is 5. The number of nitrogens with one attached hydrogen (secondary N) is 1. The summed E-state index contributed by atoms with van der Waals surface area (Å²) < 4.78 is 5.00. The highest BCUT2D eigenvalue weighted by atomic mass is 16.5. The second kappa shape index (κ2) is 7.57. The van der Waals surface area contributed by atoms with Gasteiger partial charge >= 0.3 is 0 Å². The number of hydrogen-bond acceptors (Lipinski definition) is 6. The van der Waals surface area contributed by atoms with E-state index in [-0.39, 0.29) is 18.6 Å². The molecule has 3 rings (SSSR count). The number of pyridine rings is 1. The van der Waals surface area contributed by atoms with Crippen molar-refractivity contribution in [2.75, 3.05) is 25.6 Å². The van der Waals surface area contributed by atoms with Gasteiger partial charge in [-0.1, -0.05) is 6.07 Å². The fraction of sp³-hybridized carbons (Fsp3) is 0.444. The Labute approximate surface area is 147 Å². The van der Waals surface area contributed by atoms with Crippen molar-refractivity contribution in [1.82, 2.24) is 19.9 Å². The fourth-order valence-corrected chi connectivity index (χ4v) is 3.14. The molecule has 7 nitrogen and oxygen atoms in total. The number of aryl methyl sites for hydroxylation is 2. The molecule has 0 spiro atoms. The maximum atomic E-state index is 12.3. The van der Waals surface area contributed by atoms with Gasteiger partial charge in [0.1, 0.15) is 24.1 Å². The Hall–Kier alpha value is -2.54. The molecule has 1 N–H and O–H groups in total. The quantitative estimate of drug-likeness (QED) is 0.900. The normalized spacial score (nSPS) is 16.9. The fourth-order valence-electron chi connectivity index (χ4n) is 3.14. The second-order valence-electron chi connectivity index (χ2n) is 6.20. The monoisotopic (exact) mass is 341 g/mol. The summed E-state index contributed by atoms with van der Waals surface area (Å²) in [6.07, 6.45) is 3.60. The third kappa shape index (κ3) is 3.93. The molecule has 0 bridgehead atoms. The van der Waals surface area contributed by atoms with Crippen molar-refractivity contribution < 1.29 is 9.53 Å². The van der Waals surface area contributed by atoms with Gasteiger partial charge in [-0.15, -0.1) is 0 Å². The Kier molecular flexibility index (Phi) is 5.23. The Bertz CT molecular complexity index is 765. The van der Waals surface area contributed by atoms with E-state index in [1.165, 1.54) is 7.11 Å². The molecule has 0 aromatic carbocycles. The Balaban J connectivity index is 1.86. The van der Waals surface area contributed by atoms with Crippen molar-refractivity contribution in [2.24, 2.45) is 0 Å². The zero-order chi connectivity index (χ0) is 17.8. The number of nitrogens with zero attached hydrogens (tertiary/aromatic N) is 4. The Morgan fingerprint density at radius 3 is 3.00 bits per heavy atom. The highest BCUT2D eigenvalue weighted by Gasteiger charge is 2.31. The molecule has 1 aliphatic rings. The molecular formula is C18H23N5O2. The average molecular weight is 341 g/mol. The molecule has 0 saturated carbocycles. The third-order valence-corrected chi connectivity index (χ3v) is 4.30. The molecule has 2 aromatic rings. The second-order valence-corrected chi connectivity index (χ2v) is 6.20.